The Bertz CT molecular complexity index is 307. The van der Waals surface area contributed by atoms with Gasteiger partial charge in [0.05, 0.1) is 13.6 Å². The van der Waals surface area contributed by atoms with Crippen molar-refractivity contribution in [3.8, 4) is 0 Å². The maximum absolute atomic E-state index is 2.36. The SMILES string of the molecule is CCCCCCCCCCn1cc[n+](C)c1C.[Br-]. The molecule has 0 unspecified atom stereocenters. The molecule has 1 aromatic heterocycles. The Labute approximate surface area is 123 Å². The fourth-order valence-corrected chi connectivity index (χ4v) is 2.25. The number of halogens is 1. The zero-order valence-corrected chi connectivity index (χ0v) is 13.9. The maximum Gasteiger partial charge on any atom is 0.253 e. The molecule has 0 aliphatic rings. The predicted octanol–water partition coefficient (Wildman–Crippen LogP) is 0.766. The molecule has 106 valence electrons. The second-order valence-electron chi connectivity index (χ2n) is 5.12. The van der Waals surface area contributed by atoms with Crippen LogP contribution in [-0.4, -0.2) is 4.57 Å². The van der Waals surface area contributed by atoms with Gasteiger partial charge in [0.2, 0.25) is 0 Å². The molecule has 0 aliphatic heterocycles. The third kappa shape index (κ3) is 6.58. The van der Waals surface area contributed by atoms with Gasteiger partial charge in [0.1, 0.15) is 12.4 Å². The molecule has 18 heavy (non-hydrogen) atoms. The van der Waals surface area contributed by atoms with Gasteiger partial charge in [0.15, 0.2) is 0 Å². The van der Waals surface area contributed by atoms with Crippen molar-refractivity contribution >= 4 is 0 Å². The van der Waals surface area contributed by atoms with Crippen molar-refractivity contribution in [2.75, 3.05) is 0 Å². The van der Waals surface area contributed by atoms with E-state index in [0.29, 0.717) is 0 Å². The van der Waals surface area contributed by atoms with Crippen molar-refractivity contribution in [1.29, 1.82) is 0 Å². The fraction of sp³-hybridized carbons (Fsp3) is 0.800. The van der Waals surface area contributed by atoms with E-state index in [4.69, 9.17) is 0 Å². The Hall–Kier alpha value is -0.310. The molecule has 3 heteroatoms. The zero-order valence-electron chi connectivity index (χ0n) is 12.3. The van der Waals surface area contributed by atoms with Gasteiger partial charge in [0, 0.05) is 6.92 Å². The van der Waals surface area contributed by atoms with Gasteiger partial charge in [-0.15, -0.1) is 0 Å². The first-order valence-corrected chi connectivity index (χ1v) is 7.27. The molecule has 0 aromatic carbocycles. The van der Waals surface area contributed by atoms with Crippen molar-refractivity contribution in [3.05, 3.63) is 18.2 Å². The van der Waals surface area contributed by atoms with E-state index in [2.05, 4.69) is 42.4 Å². The van der Waals surface area contributed by atoms with E-state index >= 15 is 0 Å². The van der Waals surface area contributed by atoms with E-state index in [1.807, 2.05) is 0 Å². The summed E-state index contributed by atoms with van der Waals surface area (Å²) < 4.78 is 4.54. The average Bonchev–Trinajstić information content (AvgIpc) is 2.64. The van der Waals surface area contributed by atoms with Crippen molar-refractivity contribution in [1.82, 2.24) is 4.57 Å². The molecule has 1 heterocycles. The summed E-state index contributed by atoms with van der Waals surface area (Å²) in [5, 5.41) is 0. The summed E-state index contributed by atoms with van der Waals surface area (Å²) in [4.78, 5) is 0. The van der Waals surface area contributed by atoms with E-state index in [9.17, 15) is 0 Å². The number of imidazole rings is 1. The molecular formula is C15H29BrN2. The summed E-state index contributed by atoms with van der Waals surface area (Å²) in [6, 6.07) is 0. The monoisotopic (exact) mass is 316 g/mol. The van der Waals surface area contributed by atoms with E-state index in [0.717, 1.165) is 0 Å². The van der Waals surface area contributed by atoms with E-state index < -0.39 is 0 Å². The van der Waals surface area contributed by atoms with Crippen molar-refractivity contribution < 1.29 is 21.5 Å². The lowest BCUT2D eigenvalue weighted by Gasteiger charge is -2.01. The van der Waals surface area contributed by atoms with Crippen LogP contribution in [0, 0.1) is 6.92 Å². The molecule has 0 bridgehead atoms. The molecule has 2 nitrogen and oxygen atoms in total. The quantitative estimate of drug-likeness (QED) is 0.470. The highest BCUT2D eigenvalue weighted by atomic mass is 79.9. The number of aryl methyl sites for hydroxylation is 2. The van der Waals surface area contributed by atoms with Crippen LogP contribution in [0.3, 0.4) is 0 Å². The van der Waals surface area contributed by atoms with Crippen LogP contribution in [0.2, 0.25) is 0 Å². The standard InChI is InChI=1S/C15H29N2.BrH/c1-4-5-6-7-8-9-10-11-12-17-14-13-16(3)15(17)2;/h13-14H,4-12H2,1-3H3;1H/q+1;/p-1. The van der Waals surface area contributed by atoms with Crippen molar-refractivity contribution in [3.63, 3.8) is 0 Å². The van der Waals surface area contributed by atoms with Crippen LogP contribution in [0.5, 0.6) is 0 Å². The van der Waals surface area contributed by atoms with Gasteiger partial charge in [-0.05, 0) is 12.8 Å². The minimum atomic E-state index is 0. The third-order valence-corrected chi connectivity index (χ3v) is 3.65. The molecule has 0 saturated heterocycles. The van der Waals surface area contributed by atoms with E-state index in [1.165, 1.54) is 63.7 Å². The van der Waals surface area contributed by atoms with Crippen LogP contribution in [0.25, 0.3) is 0 Å². The largest absolute Gasteiger partial charge is 1.00 e. The van der Waals surface area contributed by atoms with E-state index in [1.54, 1.807) is 0 Å². The summed E-state index contributed by atoms with van der Waals surface area (Å²) in [5.74, 6) is 1.35. The number of nitrogens with zero attached hydrogens (tertiary/aromatic N) is 2. The molecule has 0 aliphatic carbocycles. The minimum absolute atomic E-state index is 0. The Balaban J connectivity index is 0.00000289. The predicted molar refractivity (Wildman–Crippen MR) is 73.0 cm³/mol. The Morgan fingerprint density at radius 3 is 2.06 bits per heavy atom. The van der Waals surface area contributed by atoms with Gasteiger partial charge in [-0.25, -0.2) is 9.13 Å². The molecule has 0 fully saturated rings. The summed E-state index contributed by atoms with van der Waals surface area (Å²) in [5.41, 5.74) is 0. The molecular weight excluding hydrogens is 288 g/mol. The van der Waals surface area contributed by atoms with Crippen LogP contribution in [-0.2, 0) is 13.6 Å². The molecule has 0 spiro atoms. The smallest absolute Gasteiger partial charge is 0.253 e. The number of aromatic nitrogens is 2. The van der Waals surface area contributed by atoms with Gasteiger partial charge in [-0.3, -0.25) is 0 Å². The highest BCUT2D eigenvalue weighted by Crippen LogP contribution is 2.09. The second kappa shape index (κ2) is 10.6. The lowest BCUT2D eigenvalue weighted by molar-refractivity contribution is -0.677. The first-order chi connectivity index (χ1) is 8.25. The molecule has 0 saturated carbocycles. The number of hydrogen-bond acceptors (Lipinski definition) is 0. The van der Waals surface area contributed by atoms with Gasteiger partial charge < -0.3 is 17.0 Å². The van der Waals surface area contributed by atoms with Crippen LogP contribution >= 0.6 is 0 Å². The van der Waals surface area contributed by atoms with Gasteiger partial charge >= 0.3 is 0 Å². The molecule has 0 radical (unpaired) electrons. The molecule has 0 atom stereocenters. The van der Waals surface area contributed by atoms with Gasteiger partial charge in [-0.1, -0.05) is 45.4 Å². The van der Waals surface area contributed by atoms with Gasteiger partial charge in [-0.2, -0.15) is 0 Å². The average molecular weight is 317 g/mol. The van der Waals surface area contributed by atoms with E-state index in [-0.39, 0.29) is 17.0 Å². The topological polar surface area (TPSA) is 8.81 Å². The lowest BCUT2D eigenvalue weighted by atomic mass is 10.1. The number of rotatable bonds is 9. The summed E-state index contributed by atoms with van der Waals surface area (Å²) in [6.45, 7) is 5.64. The second-order valence-corrected chi connectivity index (χ2v) is 5.12. The first kappa shape index (κ1) is 17.7. The summed E-state index contributed by atoms with van der Waals surface area (Å²) >= 11 is 0. The zero-order chi connectivity index (χ0) is 12.5. The normalized spacial score (nSPS) is 10.4. The third-order valence-electron chi connectivity index (χ3n) is 3.65. The number of hydrogen-bond donors (Lipinski definition) is 0. The van der Waals surface area contributed by atoms with Crippen LogP contribution < -0.4 is 21.5 Å². The van der Waals surface area contributed by atoms with Gasteiger partial charge in [0.25, 0.3) is 5.82 Å². The molecule has 0 N–H and O–H groups in total. The maximum atomic E-state index is 2.36. The van der Waals surface area contributed by atoms with Crippen molar-refractivity contribution in [2.45, 2.75) is 71.8 Å². The van der Waals surface area contributed by atoms with Crippen LogP contribution in [0.4, 0.5) is 0 Å². The first-order valence-electron chi connectivity index (χ1n) is 7.27. The van der Waals surface area contributed by atoms with Crippen LogP contribution in [0.15, 0.2) is 12.4 Å². The summed E-state index contributed by atoms with van der Waals surface area (Å²) in [7, 11) is 2.11. The summed E-state index contributed by atoms with van der Waals surface area (Å²) in [6.07, 6.45) is 15.5. The number of unbranched alkanes of at least 4 members (excludes halogenated alkanes) is 7. The van der Waals surface area contributed by atoms with Crippen molar-refractivity contribution in [2.24, 2.45) is 7.05 Å². The Morgan fingerprint density at radius 1 is 1.00 bits per heavy atom. The minimum Gasteiger partial charge on any atom is -1.00 e. The Morgan fingerprint density at radius 2 is 1.56 bits per heavy atom. The highest BCUT2D eigenvalue weighted by Gasteiger charge is 2.07. The molecule has 1 rings (SSSR count). The van der Waals surface area contributed by atoms with Crippen LogP contribution in [0.1, 0.15) is 64.1 Å². The molecule has 1 aromatic rings. The highest BCUT2D eigenvalue weighted by molar-refractivity contribution is 4.78. The fourth-order valence-electron chi connectivity index (χ4n) is 2.25. The lowest BCUT2D eigenvalue weighted by Crippen LogP contribution is -3.00. The Kier molecular flexibility index (Phi) is 10.4. The molecule has 0 amide bonds.